The Morgan fingerprint density at radius 1 is 1.04 bits per heavy atom. The summed E-state index contributed by atoms with van der Waals surface area (Å²) in [5, 5.41) is 7.28. The van der Waals surface area contributed by atoms with Crippen molar-refractivity contribution < 1.29 is 4.74 Å². The minimum atomic E-state index is 0.339. The molecule has 0 unspecified atom stereocenters. The molecular weight excluding hydrogens is 304 g/mol. The summed E-state index contributed by atoms with van der Waals surface area (Å²) in [4.78, 5) is 0. The molecule has 2 N–H and O–H groups in total. The molecule has 2 aromatic rings. The summed E-state index contributed by atoms with van der Waals surface area (Å²) in [7, 11) is 1.67. The summed E-state index contributed by atoms with van der Waals surface area (Å²) in [5.41, 5.74) is 2.53. The number of ether oxygens (including phenoxy) is 1. The number of hydrogen-bond acceptors (Lipinski definition) is 2. The summed E-state index contributed by atoms with van der Waals surface area (Å²) in [6.07, 6.45) is 2.10. The van der Waals surface area contributed by atoms with Gasteiger partial charge in [0.2, 0.25) is 0 Å². The fraction of sp³-hybridized carbons (Fsp3) is 0.316. The lowest BCUT2D eigenvalue weighted by molar-refractivity contribution is 0.414. The molecule has 23 heavy (non-hydrogen) atoms. The summed E-state index contributed by atoms with van der Waals surface area (Å²) in [6.45, 7) is 2.87. The van der Waals surface area contributed by atoms with Gasteiger partial charge < -0.3 is 15.4 Å². The molecule has 0 heterocycles. The van der Waals surface area contributed by atoms with Gasteiger partial charge >= 0.3 is 0 Å². The van der Waals surface area contributed by atoms with Crippen LogP contribution in [0.3, 0.4) is 0 Å². The number of rotatable bonds is 7. The first kappa shape index (κ1) is 17.3. The van der Waals surface area contributed by atoms with Crippen LogP contribution in [0.4, 0.5) is 0 Å². The first-order valence-corrected chi connectivity index (χ1v) is 8.29. The molecule has 3 nitrogen and oxygen atoms in total. The highest BCUT2D eigenvalue weighted by Crippen LogP contribution is 2.11. The fourth-order valence-electron chi connectivity index (χ4n) is 2.30. The number of nitrogens with one attached hydrogen (secondary N) is 2. The second-order valence-electron chi connectivity index (χ2n) is 5.60. The first-order valence-electron chi connectivity index (χ1n) is 7.88. The highest BCUT2D eigenvalue weighted by Gasteiger charge is 2.04. The van der Waals surface area contributed by atoms with Crippen molar-refractivity contribution in [2.24, 2.45) is 0 Å². The molecule has 2 aromatic carbocycles. The average molecular weight is 328 g/mol. The van der Waals surface area contributed by atoms with Gasteiger partial charge in [-0.25, -0.2) is 0 Å². The van der Waals surface area contributed by atoms with Crippen molar-refractivity contribution in [2.75, 3.05) is 7.11 Å². The van der Waals surface area contributed by atoms with E-state index in [9.17, 15) is 0 Å². The summed E-state index contributed by atoms with van der Waals surface area (Å²) in [5.74, 6) is 0.865. The Hall–Kier alpha value is -2.07. The number of thiocarbonyl (C=S) groups is 1. The van der Waals surface area contributed by atoms with E-state index in [1.165, 1.54) is 11.1 Å². The first-order chi connectivity index (χ1) is 11.2. The van der Waals surface area contributed by atoms with Crippen LogP contribution < -0.4 is 15.4 Å². The van der Waals surface area contributed by atoms with Crippen LogP contribution in [0, 0.1) is 0 Å². The largest absolute Gasteiger partial charge is 0.497 e. The second kappa shape index (κ2) is 9.16. The van der Waals surface area contributed by atoms with Crippen molar-refractivity contribution in [1.29, 1.82) is 0 Å². The maximum Gasteiger partial charge on any atom is 0.166 e. The van der Waals surface area contributed by atoms with Gasteiger partial charge in [-0.2, -0.15) is 0 Å². The number of hydrogen-bond donors (Lipinski definition) is 2. The Labute approximate surface area is 144 Å². The van der Waals surface area contributed by atoms with E-state index in [4.69, 9.17) is 17.0 Å². The molecule has 4 heteroatoms. The molecule has 0 amide bonds. The quantitative estimate of drug-likeness (QED) is 0.760. The standard InChI is InChI=1S/C19H24N2OS/c1-15(8-9-16-6-4-3-5-7-16)21-19(23)20-14-17-10-12-18(22-2)13-11-17/h3-7,10-13,15H,8-9,14H2,1-2H3,(H2,20,21,23)/t15-/m0/s1. The van der Waals surface area contributed by atoms with Crippen molar-refractivity contribution in [3.8, 4) is 5.75 Å². The Morgan fingerprint density at radius 3 is 2.39 bits per heavy atom. The van der Waals surface area contributed by atoms with E-state index in [-0.39, 0.29) is 0 Å². The van der Waals surface area contributed by atoms with E-state index >= 15 is 0 Å². The van der Waals surface area contributed by atoms with Crippen LogP contribution in [-0.4, -0.2) is 18.3 Å². The van der Waals surface area contributed by atoms with Crippen molar-refractivity contribution in [3.63, 3.8) is 0 Å². The van der Waals surface area contributed by atoms with Crippen LogP contribution >= 0.6 is 12.2 Å². The smallest absolute Gasteiger partial charge is 0.166 e. The average Bonchev–Trinajstić information content (AvgIpc) is 2.59. The molecule has 1 atom stereocenters. The lowest BCUT2D eigenvalue weighted by atomic mass is 10.1. The maximum absolute atomic E-state index is 5.36. The highest BCUT2D eigenvalue weighted by molar-refractivity contribution is 7.80. The van der Waals surface area contributed by atoms with Crippen LogP contribution in [0.1, 0.15) is 24.5 Å². The molecule has 0 radical (unpaired) electrons. The third-order valence-corrected chi connectivity index (χ3v) is 3.96. The molecular formula is C19H24N2OS. The van der Waals surface area contributed by atoms with Gasteiger partial charge in [-0.15, -0.1) is 0 Å². The second-order valence-corrected chi connectivity index (χ2v) is 6.01. The minimum Gasteiger partial charge on any atom is -0.497 e. The molecule has 0 aliphatic carbocycles. The van der Waals surface area contributed by atoms with E-state index in [0.29, 0.717) is 17.7 Å². The van der Waals surface area contributed by atoms with Gasteiger partial charge in [-0.1, -0.05) is 42.5 Å². The third kappa shape index (κ3) is 6.28. The number of methoxy groups -OCH3 is 1. The summed E-state index contributed by atoms with van der Waals surface area (Å²) >= 11 is 5.36. The van der Waals surface area contributed by atoms with Crippen LogP contribution in [-0.2, 0) is 13.0 Å². The molecule has 0 aliphatic rings. The molecule has 0 aliphatic heterocycles. The van der Waals surface area contributed by atoms with Crippen molar-refractivity contribution in [3.05, 3.63) is 65.7 Å². The van der Waals surface area contributed by atoms with E-state index < -0.39 is 0 Å². The molecule has 0 aromatic heterocycles. The molecule has 0 spiro atoms. The Bertz CT molecular complexity index is 599. The van der Waals surface area contributed by atoms with E-state index in [1.807, 2.05) is 30.3 Å². The zero-order chi connectivity index (χ0) is 16.5. The van der Waals surface area contributed by atoms with Gasteiger partial charge in [0.25, 0.3) is 0 Å². The SMILES string of the molecule is COc1ccc(CNC(=S)N[C@@H](C)CCc2ccccc2)cc1. The van der Waals surface area contributed by atoms with Gasteiger partial charge in [0, 0.05) is 12.6 Å². The lowest BCUT2D eigenvalue weighted by Gasteiger charge is -2.17. The molecule has 0 saturated carbocycles. The van der Waals surface area contributed by atoms with E-state index in [2.05, 4.69) is 41.8 Å². The van der Waals surface area contributed by atoms with Gasteiger partial charge in [0.05, 0.1) is 7.11 Å². The Balaban J connectivity index is 1.69. The lowest BCUT2D eigenvalue weighted by Crippen LogP contribution is -2.40. The molecule has 0 fully saturated rings. The van der Waals surface area contributed by atoms with Gasteiger partial charge in [0.15, 0.2) is 5.11 Å². The van der Waals surface area contributed by atoms with Crippen LogP contribution in [0.25, 0.3) is 0 Å². The summed E-state index contributed by atoms with van der Waals surface area (Å²) in [6, 6.07) is 18.8. The predicted octanol–water partition coefficient (Wildman–Crippen LogP) is 3.68. The maximum atomic E-state index is 5.36. The Kier molecular flexibility index (Phi) is 6.88. The van der Waals surface area contributed by atoms with E-state index in [0.717, 1.165) is 18.6 Å². The number of benzene rings is 2. The minimum absolute atomic E-state index is 0.339. The van der Waals surface area contributed by atoms with E-state index in [1.54, 1.807) is 7.11 Å². The highest BCUT2D eigenvalue weighted by atomic mass is 32.1. The zero-order valence-electron chi connectivity index (χ0n) is 13.7. The Morgan fingerprint density at radius 2 is 1.74 bits per heavy atom. The predicted molar refractivity (Wildman–Crippen MR) is 99.8 cm³/mol. The molecule has 0 saturated heterocycles. The van der Waals surface area contributed by atoms with Crippen LogP contribution in [0.2, 0.25) is 0 Å². The van der Waals surface area contributed by atoms with Crippen molar-refractivity contribution >= 4 is 17.3 Å². The topological polar surface area (TPSA) is 33.3 Å². The molecule has 0 bridgehead atoms. The monoisotopic (exact) mass is 328 g/mol. The molecule has 122 valence electrons. The van der Waals surface area contributed by atoms with Crippen molar-refractivity contribution in [1.82, 2.24) is 10.6 Å². The van der Waals surface area contributed by atoms with Gasteiger partial charge in [-0.05, 0) is 55.2 Å². The van der Waals surface area contributed by atoms with Gasteiger partial charge in [0.1, 0.15) is 5.75 Å². The van der Waals surface area contributed by atoms with Crippen LogP contribution in [0.5, 0.6) is 5.75 Å². The normalized spacial score (nSPS) is 11.6. The van der Waals surface area contributed by atoms with Crippen LogP contribution in [0.15, 0.2) is 54.6 Å². The van der Waals surface area contributed by atoms with Crippen molar-refractivity contribution in [2.45, 2.75) is 32.4 Å². The van der Waals surface area contributed by atoms with Gasteiger partial charge in [-0.3, -0.25) is 0 Å². The fourth-order valence-corrected chi connectivity index (χ4v) is 2.57. The third-order valence-electron chi connectivity index (χ3n) is 3.70. The number of aryl methyl sites for hydroxylation is 1. The summed E-state index contributed by atoms with van der Waals surface area (Å²) < 4.78 is 5.15. The molecule has 2 rings (SSSR count). The zero-order valence-corrected chi connectivity index (χ0v) is 14.5.